The Kier molecular flexibility index (Phi) is 4.81. The predicted octanol–water partition coefficient (Wildman–Crippen LogP) is 2.76. The number of halogens is 1. The van der Waals surface area contributed by atoms with Crippen LogP contribution in [0.2, 0.25) is 5.02 Å². The first-order valence-electron chi connectivity index (χ1n) is 5.60. The third-order valence-corrected chi connectivity index (χ3v) is 4.48. The van der Waals surface area contributed by atoms with E-state index >= 15 is 0 Å². The summed E-state index contributed by atoms with van der Waals surface area (Å²) in [4.78, 5) is 0.188. The molecule has 0 spiro atoms. The summed E-state index contributed by atoms with van der Waals surface area (Å²) in [6.07, 6.45) is 0. The first-order valence-corrected chi connectivity index (χ1v) is 8.04. The van der Waals surface area contributed by atoms with Crippen LogP contribution < -0.4 is 10.5 Å². The van der Waals surface area contributed by atoms with Crippen molar-refractivity contribution in [3.05, 3.63) is 28.8 Å². The Bertz CT molecular complexity index is 592. The van der Waals surface area contributed by atoms with Crippen molar-refractivity contribution in [1.82, 2.24) is 0 Å². The lowest BCUT2D eigenvalue weighted by molar-refractivity contribution is 0.463. The number of thiocarbonyl (C=S) groups is 1. The fourth-order valence-corrected chi connectivity index (χ4v) is 3.59. The van der Waals surface area contributed by atoms with Crippen molar-refractivity contribution < 1.29 is 8.42 Å². The third kappa shape index (κ3) is 5.34. The minimum Gasteiger partial charge on any atom is -0.389 e. The van der Waals surface area contributed by atoms with Crippen LogP contribution in [0.1, 0.15) is 26.3 Å². The summed E-state index contributed by atoms with van der Waals surface area (Å²) in [5, 5.41) is 0.303. The van der Waals surface area contributed by atoms with Crippen molar-refractivity contribution in [1.29, 1.82) is 0 Å². The highest BCUT2D eigenvalue weighted by atomic mass is 35.5. The van der Waals surface area contributed by atoms with Gasteiger partial charge in [-0.3, -0.25) is 4.72 Å². The minimum absolute atomic E-state index is 0.00632. The second kappa shape index (κ2) is 5.64. The van der Waals surface area contributed by atoms with E-state index in [2.05, 4.69) is 4.72 Å². The summed E-state index contributed by atoms with van der Waals surface area (Å²) in [6.45, 7) is 5.54. The average molecular weight is 321 g/mol. The molecule has 4 nitrogen and oxygen atoms in total. The molecule has 19 heavy (non-hydrogen) atoms. The molecule has 0 saturated heterocycles. The summed E-state index contributed by atoms with van der Waals surface area (Å²) >= 11 is 10.8. The molecule has 0 amide bonds. The molecule has 0 aliphatic rings. The number of hydrogen-bond donors (Lipinski definition) is 2. The normalized spacial score (nSPS) is 12.2. The first kappa shape index (κ1) is 16.2. The van der Waals surface area contributed by atoms with Gasteiger partial charge in [-0.2, -0.15) is 0 Å². The second-order valence-electron chi connectivity index (χ2n) is 5.48. The van der Waals surface area contributed by atoms with Crippen molar-refractivity contribution in [3.63, 3.8) is 0 Å². The number of anilines is 1. The molecule has 0 fully saturated rings. The number of benzene rings is 1. The van der Waals surface area contributed by atoms with Gasteiger partial charge in [0.05, 0.1) is 16.5 Å². The monoisotopic (exact) mass is 320 g/mol. The summed E-state index contributed by atoms with van der Waals surface area (Å²) in [6, 6.07) is 4.74. The zero-order valence-corrected chi connectivity index (χ0v) is 13.4. The van der Waals surface area contributed by atoms with Crippen LogP contribution in [0.5, 0.6) is 0 Å². The Hall–Kier alpha value is -0.850. The van der Waals surface area contributed by atoms with Crippen molar-refractivity contribution in [2.75, 3.05) is 10.5 Å². The molecule has 0 radical (unpaired) electrons. The van der Waals surface area contributed by atoms with Gasteiger partial charge < -0.3 is 5.73 Å². The van der Waals surface area contributed by atoms with Gasteiger partial charge >= 0.3 is 0 Å². The molecule has 1 aromatic carbocycles. The van der Waals surface area contributed by atoms with E-state index < -0.39 is 10.0 Å². The molecule has 0 aliphatic carbocycles. The molecule has 0 heterocycles. The topological polar surface area (TPSA) is 72.2 Å². The molecule has 3 N–H and O–H groups in total. The number of hydrogen-bond acceptors (Lipinski definition) is 3. The van der Waals surface area contributed by atoms with E-state index in [-0.39, 0.29) is 21.8 Å². The molecule has 106 valence electrons. The molecule has 0 aliphatic heterocycles. The van der Waals surface area contributed by atoms with Gasteiger partial charge in [-0.05, 0) is 17.5 Å². The summed E-state index contributed by atoms with van der Waals surface area (Å²) in [7, 11) is -3.48. The van der Waals surface area contributed by atoms with Crippen LogP contribution in [0, 0.1) is 5.41 Å². The van der Waals surface area contributed by atoms with Crippen molar-refractivity contribution in [3.8, 4) is 0 Å². The van der Waals surface area contributed by atoms with Gasteiger partial charge in [-0.15, -0.1) is 0 Å². The van der Waals surface area contributed by atoms with Crippen LogP contribution in [0.4, 0.5) is 5.69 Å². The van der Waals surface area contributed by atoms with E-state index in [1.165, 1.54) is 6.07 Å². The van der Waals surface area contributed by atoms with Gasteiger partial charge in [-0.1, -0.05) is 50.7 Å². The molecular formula is C12H17ClN2O2S2. The van der Waals surface area contributed by atoms with E-state index in [1.54, 1.807) is 12.1 Å². The Morgan fingerprint density at radius 3 is 2.47 bits per heavy atom. The van der Waals surface area contributed by atoms with Gasteiger partial charge in [-0.25, -0.2) is 8.42 Å². The van der Waals surface area contributed by atoms with E-state index in [1.807, 2.05) is 20.8 Å². The van der Waals surface area contributed by atoms with Crippen molar-refractivity contribution >= 4 is 44.5 Å². The molecule has 1 rings (SSSR count). The van der Waals surface area contributed by atoms with Crippen LogP contribution in [0.25, 0.3) is 0 Å². The Balaban J connectivity index is 3.05. The number of nitrogens with two attached hydrogens (primary N) is 1. The fraction of sp³-hybridized carbons (Fsp3) is 0.417. The number of rotatable bonds is 4. The SMILES string of the molecule is CC(C)(C)CS(=O)(=O)Nc1cc(C(N)=S)ccc1Cl. The lowest BCUT2D eigenvalue weighted by atomic mass is 10.0. The molecule has 0 bridgehead atoms. The smallest absolute Gasteiger partial charge is 0.233 e. The maximum Gasteiger partial charge on any atom is 0.233 e. The molecular weight excluding hydrogens is 304 g/mol. The predicted molar refractivity (Wildman–Crippen MR) is 84.2 cm³/mol. The largest absolute Gasteiger partial charge is 0.389 e. The van der Waals surface area contributed by atoms with Crippen molar-refractivity contribution in [2.24, 2.45) is 11.1 Å². The molecule has 1 aromatic rings. The maximum atomic E-state index is 12.0. The Morgan fingerprint density at radius 2 is 2.00 bits per heavy atom. The third-order valence-electron chi connectivity index (χ3n) is 2.14. The van der Waals surface area contributed by atoms with Crippen LogP contribution >= 0.6 is 23.8 Å². The summed E-state index contributed by atoms with van der Waals surface area (Å²) in [5.41, 5.74) is 6.01. The Morgan fingerprint density at radius 1 is 1.42 bits per heavy atom. The average Bonchev–Trinajstić information content (AvgIpc) is 2.16. The number of nitrogens with one attached hydrogen (secondary N) is 1. The van der Waals surface area contributed by atoms with Gasteiger partial charge in [0.1, 0.15) is 4.99 Å². The van der Waals surface area contributed by atoms with E-state index in [0.717, 1.165) is 0 Å². The zero-order chi connectivity index (χ0) is 14.8. The fourth-order valence-electron chi connectivity index (χ4n) is 1.53. The zero-order valence-electron chi connectivity index (χ0n) is 11.0. The number of sulfonamides is 1. The summed E-state index contributed by atoms with van der Waals surface area (Å²) in [5.74, 6) is -0.00632. The van der Waals surface area contributed by atoms with Crippen LogP contribution in [-0.2, 0) is 10.0 Å². The standard InChI is InChI=1S/C12H17ClN2O2S2/c1-12(2,3)7-19(16,17)15-10-6-8(11(14)18)4-5-9(10)13/h4-6,15H,7H2,1-3H3,(H2,14,18). The maximum absolute atomic E-state index is 12.0. The van der Waals surface area contributed by atoms with Gasteiger partial charge in [0, 0.05) is 5.56 Å². The Labute approximate surface area is 124 Å². The van der Waals surface area contributed by atoms with Crippen LogP contribution in [-0.4, -0.2) is 19.2 Å². The molecule has 0 unspecified atom stereocenters. The lowest BCUT2D eigenvalue weighted by Gasteiger charge is -2.19. The highest BCUT2D eigenvalue weighted by Crippen LogP contribution is 2.26. The van der Waals surface area contributed by atoms with Crippen molar-refractivity contribution in [2.45, 2.75) is 20.8 Å². The highest BCUT2D eigenvalue weighted by Gasteiger charge is 2.22. The molecule has 0 aromatic heterocycles. The molecule has 0 saturated carbocycles. The van der Waals surface area contributed by atoms with E-state index in [9.17, 15) is 8.42 Å². The summed E-state index contributed by atoms with van der Waals surface area (Å²) < 4.78 is 26.5. The van der Waals surface area contributed by atoms with Gasteiger partial charge in [0.25, 0.3) is 0 Å². The minimum atomic E-state index is -3.48. The van der Waals surface area contributed by atoms with E-state index in [4.69, 9.17) is 29.6 Å². The lowest BCUT2D eigenvalue weighted by Crippen LogP contribution is -2.26. The van der Waals surface area contributed by atoms with Crippen LogP contribution in [0.3, 0.4) is 0 Å². The van der Waals surface area contributed by atoms with Crippen LogP contribution in [0.15, 0.2) is 18.2 Å². The van der Waals surface area contributed by atoms with E-state index in [0.29, 0.717) is 10.6 Å². The quantitative estimate of drug-likeness (QED) is 0.837. The van der Waals surface area contributed by atoms with Gasteiger partial charge in [0.15, 0.2) is 0 Å². The molecule has 7 heteroatoms. The second-order valence-corrected chi connectivity index (χ2v) is 8.05. The highest BCUT2D eigenvalue weighted by molar-refractivity contribution is 7.92. The van der Waals surface area contributed by atoms with Gasteiger partial charge in [0.2, 0.25) is 10.0 Å². The molecule has 0 atom stereocenters. The first-order chi connectivity index (χ1) is 8.50.